The normalized spacial score (nSPS) is 10.7. The minimum Gasteiger partial charge on any atom is -0.465 e. The second kappa shape index (κ2) is 4.45. The first kappa shape index (κ1) is 11.4. The number of ether oxygens (including phenoxy) is 1. The fourth-order valence-corrected chi connectivity index (χ4v) is 1.66. The second-order valence-corrected chi connectivity index (χ2v) is 3.73. The van der Waals surface area contributed by atoms with Gasteiger partial charge in [-0.15, -0.1) is 0 Å². The SMILES string of the molecule is CCOC(=O)Cn1c(=O)oc2cc(C)ccc21. The molecule has 0 aliphatic carbocycles. The van der Waals surface area contributed by atoms with Gasteiger partial charge in [0.05, 0.1) is 12.1 Å². The van der Waals surface area contributed by atoms with E-state index in [-0.39, 0.29) is 6.54 Å². The molecular weight excluding hydrogens is 222 g/mol. The number of rotatable bonds is 3. The van der Waals surface area contributed by atoms with Gasteiger partial charge in [0.1, 0.15) is 6.54 Å². The molecule has 0 fully saturated rings. The van der Waals surface area contributed by atoms with Crippen LogP contribution in [0.15, 0.2) is 27.4 Å². The van der Waals surface area contributed by atoms with E-state index in [4.69, 9.17) is 9.15 Å². The first-order valence-corrected chi connectivity index (χ1v) is 5.37. The largest absolute Gasteiger partial charge is 0.465 e. The van der Waals surface area contributed by atoms with Gasteiger partial charge < -0.3 is 9.15 Å². The molecule has 90 valence electrons. The van der Waals surface area contributed by atoms with Crippen molar-refractivity contribution in [2.24, 2.45) is 0 Å². The summed E-state index contributed by atoms with van der Waals surface area (Å²) in [6.07, 6.45) is 0. The number of esters is 1. The van der Waals surface area contributed by atoms with E-state index >= 15 is 0 Å². The minimum absolute atomic E-state index is 0.122. The average molecular weight is 235 g/mol. The number of aromatic nitrogens is 1. The molecule has 17 heavy (non-hydrogen) atoms. The average Bonchev–Trinajstić information content (AvgIpc) is 2.55. The maximum Gasteiger partial charge on any atom is 0.420 e. The Bertz CT molecular complexity index is 608. The van der Waals surface area contributed by atoms with Crippen LogP contribution in [-0.2, 0) is 16.1 Å². The molecule has 1 heterocycles. The van der Waals surface area contributed by atoms with Crippen molar-refractivity contribution in [3.63, 3.8) is 0 Å². The summed E-state index contributed by atoms with van der Waals surface area (Å²) in [7, 11) is 0. The molecule has 0 aliphatic heterocycles. The number of aryl methyl sites for hydroxylation is 1. The number of oxazole rings is 1. The summed E-state index contributed by atoms with van der Waals surface area (Å²) in [4.78, 5) is 22.9. The number of hydrogen-bond donors (Lipinski definition) is 0. The highest BCUT2D eigenvalue weighted by atomic mass is 16.5. The summed E-state index contributed by atoms with van der Waals surface area (Å²) in [6, 6.07) is 5.38. The van der Waals surface area contributed by atoms with Crippen molar-refractivity contribution >= 4 is 17.1 Å². The van der Waals surface area contributed by atoms with Crippen LogP contribution in [-0.4, -0.2) is 17.1 Å². The molecule has 0 spiro atoms. The van der Waals surface area contributed by atoms with Crippen LogP contribution in [0.1, 0.15) is 12.5 Å². The molecule has 0 radical (unpaired) electrons. The van der Waals surface area contributed by atoms with Crippen LogP contribution in [0.4, 0.5) is 0 Å². The van der Waals surface area contributed by atoms with Crippen LogP contribution in [0.3, 0.4) is 0 Å². The van der Waals surface area contributed by atoms with Crippen molar-refractivity contribution < 1.29 is 13.9 Å². The lowest BCUT2D eigenvalue weighted by molar-refractivity contribution is -0.143. The zero-order valence-electron chi connectivity index (χ0n) is 9.73. The lowest BCUT2D eigenvalue weighted by atomic mass is 10.2. The molecule has 0 saturated carbocycles. The van der Waals surface area contributed by atoms with Crippen molar-refractivity contribution in [3.05, 3.63) is 34.3 Å². The summed E-state index contributed by atoms with van der Waals surface area (Å²) in [5.74, 6) is -0.989. The maximum absolute atomic E-state index is 11.6. The van der Waals surface area contributed by atoms with Gasteiger partial charge >= 0.3 is 11.7 Å². The van der Waals surface area contributed by atoms with Gasteiger partial charge in [0, 0.05) is 0 Å². The van der Waals surface area contributed by atoms with Gasteiger partial charge in [0.25, 0.3) is 0 Å². The van der Waals surface area contributed by atoms with Gasteiger partial charge in [-0.1, -0.05) is 6.07 Å². The molecule has 0 N–H and O–H groups in total. The number of nitrogens with zero attached hydrogens (tertiary/aromatic N) is 1. The zero-order chi connectivity index (χ0) is 12.4. The molecule has 1 aromatic heterocycles. The van der Waals surface area contributed by atoms with Crippen LogP contribution in [0.25, 0.3) is 11.1 Å². The number of carbonyl (C=O) groups is 1. The van der Waals surface area contributed by atoms with Crippen molar-refractivity contribution in [2.75, 3.05) is 6.61 Å². The number of fused-ring (bicyclic) bond motifs is 1. The summed E-state index contributed by atoms with van der Waals surface area (Å²) in [6.45, 7) is 3.80. The molecule has 2 rings (SSSR count). The fraction of sp³-hybridized carbons (Fsp3) is 0.333. The van der Waals surface area contributed by atoms with Crippen LogP contribution in [0, 0.1) is 6.92 Å². The topological polar surface area (TPSA) is 61.4 Å². The van der Waals surface area contributed by atoms with Gasteiger partial charge in [-0.05, 0) is 31.5 Å². The van der Waals surface area contributed by atoms with Crippen molar-refractivity contribution in [1.82, 2.24) is 4.57 Å². The molecule has 2 aromatic rings. The van der Waals surface area contributed by atoms with Gasteiger partial charge in [-0.25, -0.2) is 4.79 Å². The van der Waals surface area contributed by atoms with E-state index in [0.717, 1.165) is 5.56 Å². The van der Waals surface area contributed by atoms with E-state index in [0.29, 0.717) is 17.7 Å². The number of carbonyl (C=O) groups excluding carboxylic acids is 1. The highest BCUT2D eigenvalue weighted by Gasteiger charge is 2.12. The van der Waals surface area contributed by atoms with Crippen LogP contribution in [0.2, 0.25) is 0 Å². The zero-order valence-corrected chi connectivity index (χ0v) is 9.73. The third-order valence-electron chi connectivity index (χ3n) is 2.42. The van der Waals surface area contributed by atoms with E-state index in [1.54, 1.807) is 19.1 Å². The number of benzene rings is 1. The number of hydrogen-bond acceptors (Lipinski definition) is 4. The van der Waals surface area contributed by atoms with Crippen molar-refractivity contribution in [2.45, 2.75) is 20.4 Å². The highest BCUT2D eigenvalue weighted by Crippen LogP contribution is 2.14. The molecule has 0 unspecified atom stereocenters. The molecule has 0 aliphatic rings. The van der Waals surface area contributed by atoms with Crippen molar-refractivity contribution in [1.29, 1.82) is 0 Å². The van der Waals surface area contributed by atoms with E-state index < -0.39 is 11.7 Å². The Hall–Kier alpha value is -2.04. The van der Waals surface area contributed by atoms with Crippen LogP contribution >= 0.6 is 0 Å². The molecule has 1 aromatic carbocycles. The predicted octanol–water partition coefficient (Wildman–Crippen LogP) is 1.47. The van der Waals surface area contributed by atoms with Crippen LogP contribution in [0.5, 0.6) is 0 Å². The van der Waals surface area contributed by atoms with Gasteiger partial charge in [0.2, 0.25) is 0 Å². The Morgan fingerprint density at radius 2 is 2.24 bits per heavy atom. The van der Waals surface area contributed by atoms with Gasteiger partial charge in [-0.2, -0.15) is 0 Å². The predicted molar refractivity (Wildman–Crippen MR) is 61.8 cm³/mol. The van der Waals surface area contributed by atoms with E-state index in [1.807, 2.05) is 13.0 Å². The molecular formula is C12H13NO4. The summed E-state index contributed by atoms with van der Waals surface area (Å²) < 4.78 is 11.1. The molecule has 0 bridgehead atoms. The summed E-state index contributed by atoms with van der Waals surface area (Å²) >= 11 is 0. The quantitative estimate of drug-likeness (QED) is 0.756. The lowest BCUT2D eigenvalue weighted by Gasteiger charge is -2.02. The van der Waals surface area contributed by atoms with E-state index in [2.05, 4.69) is 0 Å². The van der Waals surface area contributed by atoms with E-state index in [9.17, 15) is 9.59 Å². The molecule has 5 heteroatoms. The third kappa shape index (κ3) is 2.22. The Morgan fingerprint density at radius 1 is 1.47 bits per heavy atom. The smallest absolute Gasteiger partial charge is 0.420 e. The molecule has 5 nitrogen and oxygen atoms in total. The maximum atomic E-state index is 11.6. The summed E-state index contributed by atoms with van der Waals surface area (Å²) in [5.41, 5.74) is 2.09. The molecule has 0 atom stereocenters. The van der Waals surface area contributed by atoms with Gasteiger partial charge in [-0.3, -0.25) is 9.36 Å². The Balaban J connectivity index is 2.43. The Labute approximate surface area is 97.6 Å². The van der Waals surface area contributed by atoms with Gasteiger partial charge in [0.15, 0.2) is 5.58 Å². The van der Waals surface area contributed by atoms with Crippen LogP contribution < -0.4 is 5.76 Å². The highest BCUT2D eigenvalue weighted by molar-refractivity contribution is 5.77. The molecule has 0 saturated heterocycles. The first-order valence-electron chi connectivity index (χ1n) is 5.37. The fourth-order valence-electron chi connectivity index (χ4n) is 1.66. The van der Waals surface area contributed by atoms with Crippen molar-refractivity contribution in [3.8, 4) is 0 Å². The summed E-state index contributed by atoms with van der Waals surface area (Å²) in [5, 5.41) is 0. The minimum atomic E-state index is -0.543. The second-order valence-electron chi connectivity index (χ2n) is 3.73. The monoisotopic (exact) mass is 235 g/mol. The Kier molecular flexibility index (Phi) is 2.99. The van der Waals surface area contributed by atoms with E-state index in [1.165, 1.54) is 4.57 Å². The standard InChI is InChI=1S/C12H13NO4/c1-3-16-11(14)7-13-9-5-4-8(2)6-10(9)17-12(13)15/h4-6H,3,7H2,1-2H3. The first-order chi connectivity index (χ1) is 8.11. The third-order valence-corrected chi connectivity index (χ3v) is 2.42. The Morgan fingerprint density at radius 3 is 2.94 bits per heavy atom. The lowest BCUT2D eigenvalue weighted by Crippen LogP contribution is -2.21. The molecule has 0 amide bonds.